The molecule has 1 aromatic carbocycles. The van der Waals surface area contributed by atoms with Gasteiger partial charge in [0.1, 0.15) is 18.0 Å². The van der Waals surface area contributed by atoms with E-state index in [0.717, 1.165) is 44.3 Å². The minimum Gasteiger partial charge on any atom is -0.490 e. The number of piperidine rings is 1. The van der Waals surface area contributed by atoms with Crippen molar-refractivity contribution in [2.24, 2.45) is 5.92 Å². The van der Waals surface area contributed by atoms with Crippen molar-refractivity contribution in [2.75, 3.05) is 39.4 Å². The Labute approximate surface area is 202 Å². The molecule has 3 aliphatic rings. The van der Waals surface area contributed by atoms with E-state index in [1.807, 2.05) is 34.9 Å². The van der Waals surface area contributed by atoms with Gasteiger partial charge in [0.2, 0.25) is 11.8 Å². The average Bonchev–Trinajstić information content (AvgIpc) is 3.34. The number of likely N-dealkylation sites (tertiary alicyclic amines) is 1. The number of halogens is 1. The monoisotopic (exact) mass is 476 g/mol. The summed E-state index contributed by atoms with van der Waals surface area (Å²) < 4.78 is 12.4. The number of aryl methyl sites for hydroxylation is 1. The van der Waals surface area contributed by atoms with Crippen LogP contribution in [0.2, 0.25) is 5.02 Å². The molecule has 33 heavy (non-hydrogen) atoms. The van der Waals surface area contributed by atoms with Gasteiger partial charge >= 0.3 is 0 Å². The largest absolute Gasteiger partial charge is 0.490 e. The number of carbonyl (C=O) groups is 2. The fourth-order valence-electron chi connectivity index (χ4n) is 5.35. The van der Waals surface area contributed by atoms with Crippen molar-refractivity contribution in [1.29, 1.82) is 0 Å². The van der Waals surface area contributed by atoms with Gasteiger partial charge in [0.05, 0.1) is 19.6 Å². The van der Waals surface area contributed by atoms with Crippen LogP contribution in [0.3, 0.4) is 0 Å². The van der Waals surface area contributed by atoms with Gasteiger partial charge in [0.15, 0.2) is 0 Å². The van der Waals surface area contributed by atoms with Crippen molar-refractivity contribution >= 4 is 23.4 Å². The first-order valence-corrected chi connectivity index (χ1v) is 12.9. The highest BCUT2D eigenvalue weighted by molar-refractivity contribution is 6.31. The zero-order valence-electron chi connectivity index (χ0n) is 19.8. The summed E-state index contributed by atoms with van der Waals surface area (Å²) in [5.41, 5.74) is 0.0941. The van der Waals surface area contributed by atoms with Gasteiger partial charge in [-0.05, 0) is 68.7 Å². The Morgan fingerprint density at radius 3 is 2.55 bits per heavy atom. The molecule has 1 aliphatic carbocycles. The maximum Gasteiger partial charge on any atom is 0.225 e. The molecule has 182 valence electrons. The second-order valence-corrected chi connectivity index (χ2v) is 10.4. The molecule has 0 spiro atoms. The predicted molar refractivity (Wildman–Crippen MR) is 129 cm³/mol. The van der Waals surface area contributed by atoms with Crippen LogP contribution in [0.5, 0.6) is 5.75 Å². The molecule has 2 heterocycles. The zero-order valence-corrected chi connectivity index (χ0v) is 20.6. The topological polar surface area (TPSA) is 59.1 Å². The minimum absolute atomic E-state index is 0.0932. The van der Waals surface area contributed by atoms with Gasteiger partial charge in [-0.2, -0.15) is 0 Å². The van der Waals surface area contributed by atoms with Gasteiger partial charge in [-0.15, -0.1) is 0 Å². The maximum absolute atomic E-state index is 13.2. The van der Waals surface area contributed by atoms with Crippen LogP contribution in [-0.4, -0.2) is 66.6 Å². The van der Waals surface area contributed by atoms with Crippen LogP contribution < -0.4 is 4.74 Å². The highest BCUT2D eigenvalue weighted by Crippen LogP contribution is 2.31. The molecule has 1 atom stereocenters. The standard InChI is InChI=1S/C26H37ClN2O4/c1-20-15-22(9-10-23(20)27)32-19-26(17-25(31)28-11-5-2-6-12-28)18-29(13-14-33-26)24(30)16-21-7-3-4-8-21/h9-10,15,21H,2-8,11-14,16-19H2,1H3/t26-/m0/s1. The number of carbonyl (C=O) groups excluding carboxylic acids is 2. The van der Waals surface area contributed by atoms with E-state index < -0.39 is 5.60 Å². The van der Waals surface area contributed by atoms with E-state index in [-0.39, 0.29) is 24.8 Å². The lowest BCUT2D eigenvalue weighted by Crippen LogP contribution is -2.58. The van der Waals surface area contributed by atoms with Crippen molar-refractivity contribution in [1.82, 2.24) is 9.80 Å². The van der Waals surface area contributed by atoms with E-state index >= 15 is 0 Å². The summed E-state index contributed by atoms with van der Waals surface area (Å²) in [6, 6.07) is 5.55. The van der Waals surface area contributed by atoms with E-state index in [0.29, 0.717) is 42.8 Å². The SMILES string of the molecule is Cc1cc(OC[C@]2(CC(=O)N3CCCCC3)CN(C(=O)CC3CCCC3)CCO2)ccc1Cl. The van der Waals surface area contributed by atoms with Crippen LogP contribution in [-0.2, 0) is 14.3 Å². The Kier molecular flexibility index (Phi) is 8.18. The number of amides is 2. The van der Waals surface area contributed by atoms with Gasteiger partial charge in [0.25, 0.3) is 0 Å². The highest BCUT2D eigenvalue weighted by Gasteiger charge is 2.42. The lowest BCUT2D eigenvalue weighted by Gasteiger charge is -2.43. The Bertz CT molecular complexity index is 836. The number of hydrogen-bond donors (Lipinski definition) is 0. The molecule has 2 saturated heterocycles. The van der Waals surface area contributed by atoms with Crippen molar-refractivity contribution in [3.05, 3.63) is 28.8 Å². The molecule has 0 bridgehead atoms. The van der Waals surface area contributed by atoms with E-state index in [4.69, 9.17) is 21.1 Å². The first-order chi connectivity index (χ1) is 15.9. The molecule has 7 heteroatoms. The second kappa shape index (κ2) is 11.1. The van der Waals surface area contributed by atoms with Crippen LogP contribution in [0.15, 0.2) is 18.2 Å². The zero-order chi connectivity index (χ0) is 23.3. The Hall–Kier alpha value is -1.79. The molecule has 4 rings (SSSR count). The molecular formula is C26H37ClN2O4. The van der Waals surface area contributed by atoms with Gasteiger partial charge in [-0.1, -0.05) is 24.4 Å². The third kappa shape index (κ3) is 6.42. The Morgan fingerprint density at radius 1 is 1.06 bits per heavy atom. The maximum atomic E-state index is 13.2. The summed E-state index contributed by atoms with van der Waals surface area (Å²) in [6.45, 7) is 5.15. The normalized spacial score (nSPS) is 24.2. The first-order valence-electron chi connectivity index (χ1n) is 12.5. The fourth-order valence-corrected chi connectivity index (χ4v) is 5.46. The van der Waals surface area contributed by atoms with Crippen LogP contribution in [0.1, 0.15) is 63.4 Å². The van der Waals surface area contributed by atoms with Crippen LogP contribution >= 0.6 is 11.6 Å². The molecule has 6 nitrogen and oxygen atoms in total. The molecule has 0 N–H and O–H groups in total. The summed E-state index contributed by atoms with van der Waals surface area (Å²) >= 11 is 6.16. The summed E-state index contributed by atoms with van der Waals surface area (Å²) in [4.78, 5) is 30.2. The summed E-state index contributed by atoms with van der Waals surface area (Å²) in [6.07, 6.45) is 8.85. The highest BCUT2D eigenvalue weighted by atomic mass is 35.5. The predicted octanol–water partition coefficient (Wildman–Crippen LogP) is 4.61. The van der Waals surface area contributed by atoms with Crippen LogP contribution in [0.25, 0.3) is 0 Å². The molecule has 3 fully saturated rings. The molecule has 0 radical (unpaired) electrons. The molecule has 1 aromatic rings. The van der Waals surface area contributed by atoms with E-state index in [1.54, 1.807) is 0 Å². The van der Waals surface area contributed by atoms with Crippen molar-refractivity contribution in [3.8, 4) is 5.75 Å². The molecule has 2 aliphatic heterocycles. The van der Waals surface area contributed by atoms with E-state index in [1.165, 1.54) is 19.3 Å². The number of rotatable bonds is 7. The fraction of sp³-hybridized carbons (Fsp3) is 0.692. The number of morpholine rings is 1. The van der Waals surface area contributed by atoms with Crippen LogP contribution in [0, 0.1) is 12.8 Å². The summed E-state index contributed by atoms with van der Waals surface area (Å²) in [5, 5.41) is 0.690. The van der Waals surface area contributed by atoms with E-state index in [9.17, 15) is 9.59 Å². The number of ether oxygens (including phenoxy) is 2. The summed E-state index contributed by atoms with van der Waals surface area (Å²) in [7, 11) is 0. The average molecular weight is 477 g/mol. The minimum atomic E-state index is -0.842. The van der Waals surface area contributed by atoms with Gasteiger partial charge < -0.3 is 19.3 Å². The quantitative estimate of drug-likeness (QED) is 0.576. The number of nitrogens with zero attached hydrogens (tertiary/aromatic N) is 2. The molecule has 0 unspecified atom stereocenters. The third-order valence-corrected chi connectivity index (χ3v) is 7.78. The Morgan fingerprint density at radius 2 is 1.82 bits per heavy atom. The van der Waals surface area contributed by atoms with Gasteiger partial charge in [0, 0.05) is 31.1 Å². The summed E-state index contributed by atoms with van der Waals surface area (Å²) in [5.74, 6) is 1.47. The van der Waals surface area contributed by atoms with Gasteiger partial charge in [-0.25, -0.2) is 0 Å². The first kappa shape index (κ1) is 24.3. The Balaban J connectivity index is 1.47. The molecule has 2 amide bonds. The van der Waals surface area contributed by atoms with Crippen LogP contribution in [0.4, 0.5) is 0 Å². The number of hydrogen-bond acceptors (Lipinski definition) is 4. The third-order valence-electron chi connectivity index (χ3n) is 7.35. The molecule has 0 aromatic heterocycles. The molecular weight excluding hydrogens is 440 g/mol. The van der Waals surface area contributed by atoms with Crippen molar-refractivity contribution < 1.29 is 19.1 Å². The lowest BCUT2D eigenvalue weighted by atomic mass is 9.95. The lowest BCUT2D eigenvalue weighted by molar-refractivity contribution is -0.166. The second-order valence-electron chi connectivity index (χ2n) is 10.0. The smallest absolute Gasteiger partial charge is 0.225 e. The van der Waals surface area contributed by atoms with E-state index in [2.05, 4.69) is 0 Å². The van der Waals surface area contributed by atoms with Crippen molar-refractivity contribution in [3.63, 3.8) is 0 Å². The van der Waals surface area contributed by atoms with Crippen molar-refractivity contribution in [2.45, 2.75) is 70.3 Å². The van der Waals surface area contributed by atoms with Gasteiger partial charge in [-0.3, -0.25) is 9.59 Å². The number of benzene rings is 1. The molecule has 1 saturated carbocycles.